The Labute approximate surface area is 185 Å². The molecular weight excluding hydrogens is 410 g/mol. The van der Waals surface area contributed by atoms with Crippen molar-refractivity contribution in [2.45, 2.75) is 52.5 Å². The summed E-state index contributed by atoms with van der Waals surface area (Å²) in [5.41, 5.74) is 4.48. The van der Waals surface area contributed by atoms with Crippen LogP contribution in [0.1, 0.15) is 51.8 Å². The fourth-order valence-electron chi connectivity index (χ4n) is 4.97. The molecular formula is C24H26ClN5O. The molecule has 0 N–H and O–H groups in total. The minimum atomic E-state index is -0.0839. The second-order valence-corrected chi connectivity index (χ2v) is 9.15. The summed E-state index contributed by atoms with van der Waals surface area (Å²) >= 11 is 6.07. The van der Waals surface area contributed by atoms with E-state index in [9.17, 15) is 4.79 Å². The second-order valence-electron chi connectivity index (χ2n) is 8.71. The van der Waals surface area contributed by atoms with Gasteiger partial charge in [0.1, 0.15) is 5.52 Å². The van der Waals surface area contributed by atoms with Crippen LogP contribution in [0.4, 0.5) is 0 Å². The van der Waals surface area contributed by atoms with Crippen LogP contribution in [0.25, 0.3) is 27.8 Å². The minimum absolute atomic E-state index is 0.0839. The van der Waals surface area contributed by atoms with Crippen LogP contribution in [0.3, 0.4) is 0 Å². The Morgan fingerprint density at radius 2 is 1.87 bits per heavy atom. The third-order valence-corrected chi connectivity index (χ3v) is 7.22. The number of hydrogen-bond acceptors (Lipinski definition) is 4. The molecule has 1 aliphatic rings. The quantitative estimate of drug-likeness (QED) is 0.437. The lowest BCUT2D eigenvalue weighted by atomic mass is 9.78. The molecule has 0 saturated heterocycles. The number of nitrogens with zero attached hydrogens (tertiary/aromatic N) is 5. The summed E-state index contributed by atoms with van der Waals surface area (Å²) in [5.74, 6) is 1.06. The van der Waals surface area contributed by atoms with Gasteiger partial charge in [-0.2, -0.15) is 5.10 Å². The first-order valence-corrected chi connectivity index (χ1v) is 11.4. The number of halogens is 1. The van der Waals surface area contributed by atoms with Crippen LogP contribution in [0.2, 0.25) is 5.02 Å². The van der Waals surface area contributed by atoms with Crippen LogP contribution in [0.15, 0.2) is 41.3 Å². The molecule has 0 bridgehead atoms. The molecule has 0 amide bonds. The van der Waals surface area contributed by atoms with Crippen LogP contribution in [0.5, 0.6) is 0 Å². The van der Waals surface area contributed by atoms with Gasteiger partial charge >= 0.3 is 0 Å². The lowest BCUT2D eigenvalue weighted by molar-refractivity contribution is 0.183. The highest BCUT2D eigenvalue weighted by molar-refractivity contribution is 6.30. The zero-order chi connectivity index (χ0) is 21.7. The number of rotatable bonds is 3. The van der Waals surface area contributed by atoms with Gasteiger partial charge in [-0.3, -0.25) is 4.79 Å². The van der Waals surface area contributed by atoms with E-state index >= 15 is 0 Å². The van der Waals surface area contributed by atoms with Gasteiger partial charge in [0, 0.05) is 17.3 Å². The maximum Gasteiger partial charge on any atom is 0.280 e. The van der Waals surface area contributed by atoms with Crippen LogP contribution in [-0.4, -0.2) is 24.4 Å². The van der Waals surface area contributed by atoms with Gasteiger partial charge in [-0.25, -0.2) is 4.52 Å². The predicted molar refractivity (Wildman–Crippen MR) is 124 cm³/mol. The van der Waals surface area contributed by atoms with Crippen LogP contribution < -0.4 is 5.56 Å². The maximum absolute atomic E-state index is 13.4. The summed E-state index contributed by atoms with van der Waals surface area (Å²) < 4.78 is 3.64. The van der Waals surface area contributed by atoms with Crippen molar-refractivity contribution in [2.75, 3.05) is 0 Å². The van der Waals surface area contributed by atoms with E-state index in [0.717, 1.165) is 36.1 Å². The molecule has 4 aromatic rings. The SMILES string of the molecule is CCc1nn2c(nnc3c(=O)n([C@H]4CCC[C@@H](C)[C@@H]4C)ccc32)c1-c1ccc(Cl)cc1. The number of hydrogen-bond donors (Lipinski definition) is 0. The predicted octanol–water partition coefficient (Wildman–Crippen LogP) is 5.32. The molecule has 5 rings (SSSR count). The largest absolute Gasteiger partial charge is 0.310 e. The summed E-state index contributed by atoms with van der Waals surface area (Å²) in [6.07, 6.45) is 6.06. The third-order valence-electron chi connectivity index (χ3n) is 6.97. The van der Waals surface area contributed by atoms with E-state index in [0.29, 0.717) is 33.5 Å². The fraction of sp³-hybridized carbons (Fsp3) is 0.417. The van der Waals surface area contributed by atoms with Crippen molar-refractivity contribution in [2.24, 2.45) is 11.8 Å². The highest BCUT2D eigenvalue weighted by atomic mass is 35.5. The Hall–Kier alpha value is -2.73. The van der Waals surface area contributed by atoms with Crippen LogP contribution in [-0.2, 0) is 6.42 Å². The molecule has 1 aromatic carbocycles. The monoisotopic (exact) mass is 435 g/mol. The summed E-state index contributed by atoms with van der Waals surface area (Å²) in [6, 6.07) is 9.81. The topological polar surface area (TPSA) is 65.1 Å². The molecule has 1 saturated carbocycles. The molecule has 0 radical (unpaired) electrons. The van der Waals surface area contributed by atoms with Crippen molar-refractivity contribution in [1.82, 2.24) is 24.4 Å². The van der Waals surface area contributed by atoms with Gasteiger partial charge in [-0.05, 0) is 48.4 Å². The number of aromatic nitrogens is 5. The van der Waals surface area contributed by atoms with Gasteiger partial charge in [0.05, 0.1) is 11.3 Å². The lowest BCUT2D eigenvalue weighted by Gasteiger charge is -2.35. The first kappa shape index (κ1) is 20.2. The molecule has 3 heterocycles. The van der Waals surface area contributed by atoms with E-state index in [-0.39, 0.29) is 11.6 Å². The first-order chi connectivity index (χ1) is 15.0. The van der Waals surface area contributed by atoms with Gasteiger partial charge < -0.3 is 4.57 Å². The van der Waals surface area contributed by atoms with E-state index in [1.165, 1.54) is 6.42 Å². The molecule has 1 fully saturated rings. The minimum Gasteiger partial charge on any atom is -0.310 e. The third kappa shape index (κ3) is 3.24. The molecule has 3 atom stereocenters. The molecule has 0 spiro atoms. The van der Waals surface area contributed by atoms with Crippen molar-refractivity contribution in [3.05, 3.63) is 57.6 Å². The standard InChI is InChI=1S/C24H26ClN5O/c1-4-18-21(16-8-10-17(25)11-9-16)23-27-26-22-20(30(23)28-18)12-13-29(24(22)31)19-7-5-6-14(2)15(19)3/h8-15,19H,4-7H2,1-3H3/t14-,15+,19+/m1/s1. The van der Waals surface area contributed by atoms with Crippen LogP contribution >= 0.6 is 11.6 Å². The number of pyridine rings is 1. The summed E-state index contributed by atoms with van der Waals surface area (Å²) in [4.78, 5) is 13.4. The summed E-state index contributed by atoms with van der Waals surface area (Å²) in [5, 5.41) is 14.3. The normalized spacial score (nSPS) is 21.7. The Morgan fingerprint density at radius 3 is 2.61 bits per heavy atom. The summed E-state index contributed by atoms with van der Waals surface area (Å²) in [6.45, 7) is 6.59. The molecule has 160 valence electrons. The van der Waals surface area contributed by atoms with E-state index in [1.807, 2.05) is 41.1 Å². The van der Waals surface area contributed by atoms with E-state index in [4.69, 9.17) is 16.7 Å². The number of aryl methyl sites for hydroxylation is 1. The molecule has 6 nitrogen and oxygen atoms in total. The summed E-state index contributed by atoms with van der Waals surface area (Å²) in [7, 11) is 0. The Bertz CT molecular complexity index is 1320. The van der Waals surface area contributed by atoms with E-state index in [1.54, 1.807) is 4.52 Å². The fourth-order valence-corrected chi connectivity index (χ4v) is 5.10. The molecule has 0 aliphatic heterocycles. The van der Waals surface area contributed by atoms with Crippen molar-refractivity contribution in [3.63, 3.8) is 0 Å². The average Bonchev–Trinajstić information content (AvgIpc) is 3.16. The smallest absolute Gasteiger partial charge is 0.280 e. The molecule has 3 aromatic heterocycles. The maximum atomic E-state index is 13.4. The van der Waals surface area contributed by atoms with Gasteiger partial charge in [0.2, 0.25) is 0 Å². The van der Waals surface area contributed by atoms with Gasteiger partial charge in [-0.15, -0.1) is 10.2 Å². The Balaban J connectivity index is 1.70. The molecule has 1 aliphatic carbocycles. The van der Waals surface area contributed by atoms with E-state index in [2.05, 4.69) is 31.0 Å². The zero-order valence-electron chi connectivity index (χ0n) is 18.0. The van der Waals surface area contributed by atoms with Crippen LogP contribution in [0, 0.1) is 11.8 Å². The number of benzene rings is 1. The molecule has 31 heavy (non-hydrogen) atoms. The van der Waals surface area contributed by atoms with Crippen molar-refractivity contribution in [1.29, 1.82) is 0 Å². The van der Waals surface area contributed by atoms with Gasteiger partial charge in [0.15, 0.2) is 11.2 Å². The Kier molecular flexibility index (Phi) is 5.05. The average molecular weight is 436 g/mol. The van der Waals surface area contributed by atoms with Crippen molar-refractivity contribution >= 4 is 28.3 Å². The van der Waals surface area contributed by atoms with E-state index < -0.39 is 0 Å². The van der Waals surface area contributed by atoms with Gasteiger partial charge in [-0.1, -0.05) is 57.3 Å². The zero-order valence-corrected chi connectivity index (χ0v) is 18.8. The first-order valence-electron chi connectivity index (χ1n) is 11.0. The van der Waals surface area contributed by atoms with Crippen molar-refractivity contribution in [3.8, 4) is 11.1 Å². The molecule has 7 heteroatoms. The second kappa shape index (κ2) is 7.75. The highest BCUT2D eigenvalue weighted by Crippen LogP contribution is 2.37. The molecule has 0 unspecified atom stereocenters. The van der Waals surface area contributed by atoms with Crippen molar-refractivity contribution < 1.29 is 0 Å². The highest BCUT2D eigenvalue weighted by Gasteiger charge is 2.29. The Morgan fingerprint density at radius 1 is 1.10 bits per heavy atom. The number of fused-ring (bicyclic) bond motifs is 3. The van der Waals surface area contributed by atoms with Gasteiger partial charge in [0.25, 0.3) is 5.56 Å². The lowest BCUT2D eigenvalue weighted by Crippen LogP contribution is -2.34.